The third-order valence-corrected chi connectivity index (χ3v) is 4.25. The van der Waals surface area contributed by atoms with Crippen molar-refractivity contribution >= 4 is 11.8 Å². The summed E-state index contributed by atoms with van der Waals surface area (Å²) in [6, 6.07) is 0.201. The zero-order valence-electron chi connectivity index (χ0n) is 10.2. The Bertz CT molecular complexity index is 334. The molecule has 0 aromatic heterocycles. The Hall–Kier alpha value is -1.06. The molecule has 2 amide bonds. The van der Waals surface area contributed by atoms with Crippen LogP contribution in [0.15, 0.2) is 0 Å². The maximum atomic E-state index is 12.0. The molecule has 1 N–H and O–H groups in total. The largest absolute Gasteiger partial charge is 0.351 e. The van der Waals surface area contributed by atoms with Gasteiger partial charge in [0.2, 0.25) is 11.8 Å². The van der Waals surface area contributed by atoms with Gasteiger partial charge in [0.25, 0.3) is 0 Å². The third kappa shape index (κ3) is 2.31. The van der Waals surface area contributed by atoms with E-state index in [-0.39, 0.29) is 23.8 Å². The summed E-state index contributed by atoms with van der Waals surface area (Å²) in [4.78, 5) is 25.6. The molecule has 1 heterocycles. The Morgan fingerprint density at radius 2 is 1.76 bits per heavy atom. The van der Waals surface area contributed by atoms with Crippen LogP contribution in [0.3, 0.4) is 0 Å². The summed E-state index contributed by atoms with van der Waals surface area (Å²) in [5.74, 6) is 1.08. The number of carbonyl (C=O) groups excluding carboxylic acids is 2. The fourth-order valence-corrected chi connectivity index (χ4v) is 2.66. The van der Waals surface area contributed by atoms with Crippen LogP contribution in [0.25, 0.3) is 0 Å². The molecule has 3 rings (SSSR count). The van der Waals surface area contributed by atoms with Gasteiger partial charge in [-0.15, -0.1) is 0 Å². The molecule has 1 atom stereocenters. The van der Waals surface area contributed by atoms with Crippen LogP contribution in [0.5, 0.6) is 0 Å². The average molecular weight is 236 g/mol. The summed E-state index contributed by atoms with van der Waals surface area (Å²) in [6.07, 6.45) is 6.35. The molecular formula is C13H20N2O2. The topological polar surface area (TPSA) is 49.4 Å². The van der Waals surface area contributed by atoms with E-state index in [4.69, 9.17) is 0 Å². The van der Waals surface area contributed by atoms with Crippen molar-refractivity contribution in [3.8, 4) is 0 Å². The molecule has 1 aliphatic heterocycles. The highest BCUT2D eigenvalue weighted by Crippen LogP contribution is 2.31. The zero-order valence-corrected chi connectivity index (χ0v) is 10.2. The van der Waals surface area contributed by atoms with E-state index in [9.17, 15) is 9.59 Å². The molecule has 0 aromatic rings. The molecule has 0 spiro atoms. The van der Waals surface area contributed by atoms with E-state index in [0.717, 1.165) is 45.2 Å². The Morgan fingerprint density at radius 1 is 1.00 bits per heavy atom. The van der Waals surface area contributed by atoms with Crippen molar-refractivity contribution in [2.24, 2.45) is 11.8 Å². The smallest absolute Gasteiger partial charge is 0.225 e. The van der Waals surface area contributed by atoms with Gasteiger partial charge in [0.15, 0.2) is 0 Å². The van der Waals surface area contributed by atoms with Crippen LogP contribution in [0.4, 0.5) is 0 Å². The first-order valence-corrected chi connectivity index (χ1v) is 6.83. The lowest BCUT2D eigenvalue weighted by Gasteiger charge is -2.29. The highest BCUT2D eigenvalue weighted by molar-refractivity contribution is 5.82. The van der Waals surface area contributed by atoms with Crippen molar-refractivity contribution in [3.63, 3.8) is 0 Å². The maximum absolute atomic E-state index is 12.0. The highest BCUT2D eigenvalue weighted by atomic mass is 16.2. The van der Waals surface area contributed by atoms with Crippen molar-refractivity contribution in [1.29, 1.82) is 0 Å². The van der Waals surface area contributed by atoms with Gasteiger partial charge in [-0.05, 0) is 32.1 Å². The molecule has 2 saturated carbocycles. The van der Waals surface area contributed by atoms with Gasteiger partial charge >= 0.3 is 0 Å². The van der Waals surface area contributed by atoms with Crippen LogP contribution >= 0.6 is 0 Å². The van der Waals surface area contributed by atoms with Crippen LogP contribution in [0.1, 0.15) is 38.5 Å². The lowest BCUT2D eigenvalue weighted by Crippen LogP contribution is -2.41. The van der Waals surface area contributed by atoms with E-state index in [1.807, 2.05) is 4.90 Å². The first kappa shape index (κ1) is 11.1. The van der Waals surface area contributed by atoms with Crippen LogP contribution < -0.4 is 5.32 Å². The Morgan fingerprint density at radius 3 is 2.35 bits per heavy atom. The number of likely N-dealkylation sites (tertiary alicyclic amines) is 1. The SMILES string of the molecule is O=C(N[C@H]1CCN(C(=O)C2CCC2)C1)C1CC1. The number of nitrogens with zero attached hydrogens (tertiary/aromatic N) is 1. The molecule has 3 aliphatic rings. The van der Waals surface area contributed by atoms with E-state index < -0.39 is 0 Å². The minimum absolute atomic E-state index is 0.201. The Kier molecular flexibility index (Phi) is 2.81. The van der Waals surface area contributed by atoms with Gasteiger partial charge < -0.3 is 10.2 Å². The summed E-state index contributed by atoms with van der Waals surface area (Å²) in [5.41, 5.74) is 0. The number of carbonyl (C=O) groups is 2. The van der Waals surface area contributed by atoms with Crippen LogP contribution in [-0.2, 0) is 9.59 Å². The van der Waals surface area contributed by atoms with Gasteiger partial charge in [-0.3, -0.25) is 9.59 Å². The fraction of sp³-hybridized carbons (Fsp3) is 0.846. The Balaban J connectivity index is 1.47. The second-order valence-electron chi connectivity index (χ2n) is 5.68. The molecule has 4 nitrogen and oxygen atoms in total. The first-order valence-electron chi connectivity index (χ1n) is 6.83. The molecule has 0 unspecified atom stereocenters. The highest BCUT2D eigenvalue weighted by Gasteiger charge is 2.36. The van der Waals surface area contributed by atoms with Crippen molar-refractivity contribution in [1.82, 2.24) is 10.2 Å². The van der Waals surface area contributed by atoms with E-state index in [0.29, 0.717) is 5.91 Å². The minimum atomic E-state index is 0.201. The van der Waals surface area contributed by atoms with Crippen molar-refractivity contribution in [2.75, 3.05) is 13.1 Å². The lowest BCUT2D eigenvalue weighted by molar-refractivity contribution is -0.137. The fourth-order valence-electron chi connectivity index (χ4n) is 2.66. The molecule has 0 bridgehead atoms. The van der Waals surface area contributed by atoms with Crippen molar-refractivity contribution in [3.05, 3.63) is 0 Å². The van der Waals surface area contributed by atoms with Crippen LogP contribution in [0.2, 0.25) is 0 Å². The van der Waals surface area contributed by atoms with E-state index >= 15 is 0 Å². The van der Waals surface area contributed by atoms with Gasteiger partial charge in [0.05, 0.1) is 0 Å². The second kappa shape index (κ2) is 4.31. The van der Waals surface area contributed by atoms with E-state index in [1.165, 1.54) is 6.42 Å². The molecule has 94 valence electrons. The normalized spacial score (nSPS) is 28.9. The van der Waals surface area contributed by atoms with Gasteiger partial charge in [0.1, 0.15) is 0 Å². The molecule has 0 radical (unpaired) electrons. The van der Waals surface area contributed by atoms with Gasteiger partial charge in [0, 0.05) is 31.0 Å². The standard InChI is InChI=1S/C13H20N2O2/c16-12(9-4-5-9)14-11-6-7-15(8-11)13(17)10-2-1-3-10/h9-11H,1-8H2,(H,14,16)/t11-/m0/s1. The number of amides is 2. The quantitative estimate of drug-likeness (QED) is 0.792. The predicted octanol–water partition coefficient (Wildman–Crippen LogP) is 0.914. The summed E-state index contributed by atoms with van der Waals surface area (Å²) in [6.45, 7) is 1.55. The monoisotopic (exact) mass is 236 g/mol. The van der Waals surface area contributed by atoms with E-state index in [1.54, 1.807) is 0 Å². The molecule has 1 saturated heterocycles. The summed E-state index contributed by atoms with van der Waals surface area (Å²) < 4.78 is 0. The molecule has 4 heteroatoms. The summed E-state index contributed by atoms with van der Waals surface area (Å²) >= 11 is 0. The van der Waals surface area contributed by atoms with Crippen molar-refractivity contribution < 1.29 is 9.59 Å². The number of rotatable bonds is 3. The number of hydrogen-bond donors (Lipinski definition) is 1. The first-order chi connectivity index (χ1) is 8.24. The van der Waals surface area contributed by atoms with Crippen LogP contribution in [0, 0.1) is 11.8 Å². The molecule has 2 aliphatic carbocycles. The zero-order chi connectivity index (χ0) is 11.8. The number of hydrogen-bond acceptors (Lipinski definition) is 2. The van der Waals surface area contributed by atoms with Gasteiger partial charge in [-0.2, -0.15) is 0 Å². The lowest BCUT2D eigenvalue weighted by atomic mass is 9.84. The molecule has 0 aromatic carbocycles. The average Bonchev–Trinajstić information content (AvgIpc) is 2.97. The van der Waals surface area contributed by atoms with Crippen molar-refractivity contribution in [2.45, 2.75) is 44.6 Å². The third-order valence-electron chi connectivity index (χ3n) is 4.25. The van der Waals surface area contributed by atoms with Crippen LogP contribution in [-0.4, -0.2) is 35.8 Å². The predicted molar refractivity (Wildman–Crippen MR) is 63.2 cm³/mol. The van der Waals surface area contributed by atoms with Gasteiger partial charge in [-0.1, -0.05) is 6.42 Å². The summed E-state index contributed by atoms with van der Waals surface area (Å²) in [7, 11) is 0. The number of nitrogens with one attached hydrogen (secondary N) is 1. The molecule has 17 heavy (non-hydrogen) atoms. The van der Waals surface area contributed by atoms with E-state index in [2.05, 4.69) is 5.32 Å². The maximum Gasteiger partial charge on any atom is 0.225 e. The second-order valence-corrected chi connectivity index (χ2v) is 5.68. The minimum Gasteiger partial charge on any atom is -0.351 e. The van der Waals surface area contributed by atoms with Gasteiger partial charge in [-0.25, -0.2) is 0 Å². The Labute approximate surface area is 102 Å². The summed E-state index contributed by atoms with van der Waals surface area (Å²) in [5, 5.41) is 3.07. The molecule has 3 fully saturated rings. The molecular weight excluding hydrogens is 216 g/mol.